The van der Waals surface area contributed by atoms with Gasteiger partial charge in [0.2, 0.25) is 0 Å². The van der Waals surface area contributed by atoms with Gasteiger partial charge in [-0.1, -0.05) is 17.7 Å². The van der Waals surface area contributed by atoms with Gasteiger partial charge in [0, 0.05) is 16.6 Å². The van der Waals surface area contributed by atoms with E-state index in [0.29, 0.717) is 18.9 Å². The number of nitrogens with one attached hydrogen (secondary N) is 1. The second kappa shape index (κ2) is 9.16. The Bertz CT molecular complexity index is 1560. The van der Waals surface area contributed by atoms with E-state index in [1.54, 1.807) is 12.1 Å². The van der Waals surface area contributed by atoms with Crippen LogP contribution in [0.5, 0.6) is 0 Å². The number of ether oxygens (including phenoxy) is 1. The van der Waals surface area contributed by atoms with Gasteiger partial charge in [-0.05, 0) is 48.5 Å². The van der Waals surface area contributed by atoms with Crippen molar-refractivity contribution in [3.05, 3.63) is 82.1 Å². The monoisotopic (exact) mass is 533 g/mol. The highest BCUT2D eigenvalue weighted by atomic mass is 35.5. The Kier molecular flexibility index (Phi) is 6.12. The number of benzene rings is 3. The van der Waals surface area contributed by atoms with Crippen molar-refractivity contribution in [2.75, 3.05) is 18.5 Å². The number of aromatic carboxylic acids is 1. The number of nitrogens with zero attached hydrogens (tertiary/aromatic N) is 2. The number of aromatic nitrogens is 2. The van der Waals surface area contributed by atoms with E-state index >= 15 is 0 Å². The summed E-state index contributed by atoms with van der Waals surface area (Å²) in [5.41, 5.74) is -1.91. The largest absolute Gasteiger partial charge is 0.478 e. The molecule has 0 bridgehead atoms. The summed E-state index contributed by atoms with van der Waals surface area (Å²) in [7, 11) is 0. The molecule has 12 heteroatoms. The molecule has 3 aromatic carbocycles. The topological polar surface area (TPSA) is 93.5 Å². The molecule has 1 fully saturated rings. The van der Waals surface area contributed by atoms with Gasteiger partial charge in [0.1, 0.15) is 11.5 Å². The molecule has 0 saturated carbocycles. The number of hydrogen-bond acceptors (Lipinski definition) is 5. The summed E-state index contributed by atoms with van der Waals surface area (Å²) < 4.78 is 62.0. The minimum Gasteiger partial charge on any atom is -0.478 e. The summed E-state index contributed by atoms with van der Waals surface area (Å²) in [5, 5.41) is 16.3. The third-order valence-corrected chi connectivity index (χ3v) is 6.20. The second-order valence-corrected chi connectivity index (χ2v) is 8.74. The highest BCUT2D eigenvalue weighted by Crippen LogP contribution is 2.37. The Balaban J connectivity index is 1.72. The van der Waals surface area contributed by atoms with Crippen molar-refractivity contribution in [2.24, 2.45) is 0 Å². The average Bonchev–Trinajstić information content (AvgIpc) is 3.18. The molecule has 0 amide bonds. The van der Waals surface area contributed by atoms with Gasteiger partial charge in [-0.15, -0.1) is 0 Å². The summed E-state index contributed by atoms with van der Waals surface area (Å²) in [6, 6.07) is 10.8. The van der Waals surface area contributed by atoms with Crippen LogP contribution in [-0.4, -0.2) is 46.0 Å². The number of alkyl halides is 3. The summed E-state index contributed by atoms with van der Waals surface area (Å²) >= 11 is 6.05. The normalized spacial score (nSPS) is 14.0. The summed E-state index contributed by atoms with van der Waals surface area (Å²) in [6.07, 6.45) is -4.88. The molecule has 0 unspecified atom stereocenters. The van der Waals surface area contributed by atoms with Gasteiger partial charge in [0.05, 0.1) is 46.5 Å². The third kappa shape index (κ3) is 4.51. The van der Waals surface area contributed by atoms with Gasteiger partial charge in [0.25, 0.3) is 5.91 Å². The number of carbonyl (C=O) groups is 2. The number of carboxylic acid groups (broad SMARTS) is 1. The van der Waals surface area contributed by atoms with Crippen molar-refractivity contribution >= 4 is 40.1 Å². The van der Waals surface area contributed by atoms with E-state index in [-0.39, 0.29) is 33.8 Å². The van der Waals surface area contributed by atoms with E-state index in [9.17, 15) is 27.2 Å². The molecule has 7 nitrogen and oxygen atoms in total. The zero-order valence-electron chi connectivity index (χ0n) is 18.6. The standard InChI is InChI=1S/C25H16ClF4N3O4/c26-18-3-1-2-17(25(28,29)30)21(18)23(34)33-20-9-13(31-14-10-37-11-14)5-7-16(20)22(32-33)15-6-4-12(24(35)36)8-19(15)27/h1-9,14,31H,10-11H2,(H,35,36). The fraction of sp³-hybridized carbons (Fsp3) is 0.160. The smallest absolute Gasteiger partial charge is 0.417 e. The first kappa shape index (κ1) is 24.7. The van der Waals surface area contributed by atoms with Crippen LogP contribution < -0.4 is 5.32 Å². The van der Waals surface area contributed by atoms with Crippen molar-refractivity contribution in [1.82, 2.24) is 9.78 Å². The molecule has 0 aliphatic carbocycles. The van der Waals surface area contributed by atoms with E-state index in [2.05, 4.69) is 10.4 Å². The summed E-state index contributed by atoms with van der Waals surface area (Å²) in [4.78, 5) is 24.7. The molecular weight excluding hydrogens is 518 g/mol. The van der Waals surface area contributed by atoms with Crippen molar-refractivity contribution < 1.29 is 37.0 Å². The number of halogens is 5. The lowest BCUT2D eigenvalue weighted by atomic mass is 10.0. The molecular formula is C25H16ClF4N3O4. The first-order valence-electron chi connectivity index (χ1n) is 10.9. The Labute approximate surface area is 211 Å². The lowest BCUT2D eigenvalue weighted by molar-refractivity contribution is -0.137. The second-order valence-electron chi connectivity index (χ2n) is 8.34. The number of rotatable bonds is 5. The summed E-state index contributed by atoms with van der Waals surface area (Å²) in [5.74, 6) is -3.44. The molecule has 5 rings (SSSR count). The first-order valence-corrected chi connectivity index (χ1v) is 11.2. The van der Waals surface area contributed by atoms with E-state index in [0.717, 1.165) is 35.0 Å². The highest BCUT2D eigenvalue weighted by Gasteiger charge is 2.37. The minimum absolute atomic E-state index is 0.00500. The quantitative estimate of drug-likeness (QED) is 0.319. The zero-order chi connectivity index (χ0) is 26.5. The van der Waals surface area contributed by atoms with Gasteiger partial charge in [0.15, 0.2) is 0 Å². The van der Waals surface area contributed by atoms with Crippen LogP contribution in [0.4, 0.5) is 23.2 Å². The molecule has 1 aliphatic heterocycles. The highest BCUT2D eigenvalue weighted by molar-refractivity contribution is 6.34. The molecule has 2 heterocycles. The minimum atomic E-state index is -4.88. The maximum absolute atomic E-state index is 15.0. The van der Waals surface area contributed by atoms with E-state index in [1.165, 1.54) is 12.1 Å². The van der Waals surface area contributed by atoms with Crippen molar-refractivity contribution in [3.63, 3.8) is 0 Å². The molecule has 2 N–H and O–H groups in total. The fourth-order valence-electron chi connectivity index (χ4n) is 4.04. The first-order chi connectivity index (χ1) is 17.5. The number of carboxylic acids is 1. The Morgan fingerprint density at radius 3 is 2.49 bits per heavy atom. The van der Waals surface area contributed by atoms with Crippen LogP contribution in [0.3, 0.4) is 0 Å². The molecule has 0 spiro atoms. The van der Waals surface area contributed by atoms with Crippen LogP contribution in [0.15, 0.2) is 54.6 Å². The van der Waals surface area contributed by atoms with Gasteiger partial charge in [-0.25, -0.2) is 9.18 Å². The van der Waals surface area contributed by atoms with Gasteiger partial charge in [-0.3, -0.25) is 4.79 Å². The third-order valence-electron chi connectivity index (χ3n) is 5.89. The van der Waals surface area contributed by atoms with Crippen LogP contribution >= 0.6 is 11.6 Å². The van der Waals surface area contributed by atoms with E-state index in [4.69, 9.17) is 21.4 Å². The maximum Gasteiger partial charge on any atom is 0.417 e. The van der Waals surface area contributed by atoms with Gasteiger partial charge < -0.3 is 15.2 Å². The van der Waals surface area contributed by atoms with Crippen LogP contribution in [-0.2, 0) is 10.9 Å². The molecule has 1 aromatic heterocycles. The Hall–Kier alpha value is -3.96. The maximum atomic E-state index is 15.0. The molecule has 1 saturated heterocycles. The zero-order valence-corrected chi connectivity index (χ0v) is 19.4. The summed E-state index contributed by atoms with van der Waals surface area (Å²) in [6.45, 7) is 0.911. The molecule has 0 radical (unpaired) electrons. The molecule has 37 heavy (non-hydrogen) atoms. The Morgan fingerprint density at radius 1 is 1.11 bits per heavy atom. The average molecular weight is 534 g/mol. The van der Waals surface area contributed by atoms with Crippen molar-refractivity contribution in [1.29, 1.82) is 0 Å². The Morgan fingerprint density at radius 2 is 1.86 bits per heavy atom. The van der Waals surface area contributed by atoms with Gasteiger partial charge in [-0.2, -0.15) is 23.0 Å². The van der Waals surface area contributed by atoms with Crippen LogP contribution in [0.1, 0.15) is 26.3 Å². The predicted octanol–water partition coefficient (Wildman–Crippen LogP) is 5.71. The van der Waals surface area contributed by atoms with E-state index in [1.807, 2.05) is 0 Å². The van der Waals surface area contributed by atoms with Gasteiger partial charge >= 0.3 is 12.1 Å². The molecule has 1 aliphatic rings. The molecule has 0 atom stereocenters. The molecule has 190 valence electrons. The predicted molar refractivity (Wildman–Crippen MR) is 126 cm³/mol. The fourth-order valence-corrected chi connectivity index (χ4v) is 4.29. The number of hydrogen-bond donors (Lipinski definition) is 2. The lowest BCUT2D eigenvalue weighted by Crippen LogP contribution is -2.40. The van der Waals surface area contributed by atoms with Crippen molar-refractivity contribution in [3.8, 4) is 11.3 Å². The SMILES string of the molecule is O=C(O)c1ccc(-c2nn(C(=O)c3c(Cl)cccc3C(F)(F)F)c3cc(NC4COC4)ccc23)c(F)c1. The number of fused-ring (bicyclic) bond motifs is 1. The van der Waals surface area contributed by atoms with Crippen LogP contribution in [0.2, 0.25) is 5.02 Å². The number of anilines is 1. The van der Waals surface area contributed by atoms with Crippen LogP contribution in [0.25, 0.3) is 22.2 Å². The molecule has 4 aromatic rings. The number of carbonyl (C=O) groups excluding carboxylic acids is 1. The lowest BCUT2D eigenvalue weighted by Gasteiger charge is -2.27. The van der Waals surface area contributed by atoms with Crippen molar-refractivity contribution in [2.45, 2.75) is 12.2 Å². The van der Waals surface area contributed by atoms with Crippen LogP contribution in [0, 0.1) is 5.82 Å². The van der Waals surface area contributed by atoms with E-state index < -0.39 is 40.0 Å².